The second-order valence-electron chi connectivity index (χ2n) is 7.44. The normalized spacial score (nSPS) is 21.2. The van der Waals surface area contributed by atoms with Crippen molar-refractivity contribution in [2.45, 2.75) is 47.9 Å². The SMILES string of the molecule is C=C(C)Cn1cc(O)n(COC(=O)C2C(C=C(C)C)C2(C)C)c1=O. The van der Waals surface area contributed by atoms with Gasteiger partial charge in [-0.05, 0) is 32.1 Å². The summed E-state index contributed by atoms with van der Waals surface area (Å²) in [5.74, 6) is -0.650. The largest absolute Gasteiger partial charge is 0.493 e. The van der Waals surface area contributed by atoms with Gasteiger partial charge in [-0.2, -0.15) is 0 Å². The highest BCUT2D eigenvalue weighted by molar-refractivity contribution is 5.78. The maximum absolute atomic E-state index is 12.3. The third kappa shape index (κ3) is 3.47. The fourth-order valence-corrected chi connectivity index (χ4v) is 3.06. The van der Waals surface area contributed by atoms with Gasteiger partial charge >= 0.3 is 11.7 Å². The first-order valence-corrected chi connectivity index (χ1v) is 8.00. The van der Waals surface area contributed by atoms with Gasteiger partial charge in [-0.15, -0.1) is 0 Å². The van der Waals surface area contributed by atoms with Crippen LogP contribution in [0.4, 0.5) is 0 Å². The molecule has 1 fully saturated rings. The maximum Gasteiger partial charge on any atom is 0.334 e. The fraction of sp³-hybridized carbons (Fsp3) is 0.556. The van der Waals surface area contributed by atoms with Gasteiger partial charge in [-0.3, -0.25) is 9.36 Å². The van der Waals surface area contributed by atoms with Gasteiger partial charge in [0.05, 0.1) is 12.1 Å². The van der Waals surface area contributed by atoms with Crippen LogP contribution in [-0.2, 0) is 22.8 Å². The molecule has 0 aliphatic heterocycles. The molecule has 1 aromatic heterocycles. The van der Waals surface area contributed by atoms with E-state index in [0.717, 1.165) is 15.7 Å². The van der Waals surface area contributed by atoms with E-state index in [4.69, 9.17) is 4.74 Å². The minimum Gasteiger partial charge on any atom is -0.493 e. The molecule has 2 rings (SSSR count). The van der Waals surface area contributed by atoms with Gasteiger partial charge in [0.2, 0.25) is 5.88 Å². The van der Waals surface area contributed by atoms with Crippen molar-refractivity contribution in [2.75, 3.05) is 0 Å². The lowest BCUT2D eigenvalue weighted by molar-refractivity contribution is -0.150. The Hall–Kier alpha value is -2.24. The summed E-state index contributed by atoms with van der Waals surface area (Å²) in [7, 11) is 0. The predicted molar refractivity (Wildman–Crippen MR) is 91.5 cm³/mol. The van der Waals surface area contributed by atoms with Crippen LogP contribution in [0.1, 0.15) is 34.6 Å². The van der Waals surface area contributed by atoms with Crippen LogP contribution < -0.4 is 5.69 Å². The summed E-state index contributed by atoms with van der Waals surface area (Å²) in [6, 6.07) is 0. The Morgan fingerprint density at radius 1 is 1.42 bits per heavy atom. The van der Waals surface area contributed by atoms with Crippen LogP contribution in [0.5, 0.6) is 5.88 Å². The number of hydrogen-bond donors (Lipinski definition) is 1. The molecule has 0 amide bonds. The number of allylic oxidation sites excluding steroid dienone is 3. The Kier molecular flexibility index (Phi) is 4.78. The number of carbonyl (C=O) groups is 1. The van der Waals surface area contributed by atoms with Crippen molar-refractivity contribution in [1.29, 1.82) is 0 Å². The first-order valence-electron chi connectivity index (χ1n) is 8.00. The summed E-state index contributed by atoms with van der Waals surface area (Å²) in [6.45, 7) is 13.6. The quantitative estimate of drug-likeness (QED) is 0.641. The van der Waals surface area contributed by atoms with Crippen molar-refractivity contribution < 1.29 is 14.6 Å². The molecule has 0 radical (unpaired) electrons. The Morgan fingerprint density at radius 2 is 2.04 bits per heavy atom. The zero-order chi connectivity index (χ0) is 18.2. The summed E-state index contributed by atoms with van der Waals surface area (Å²) in [6.07, 6.45) is 3.40. The van der Waals surface area contributed by atoms with Gasteiger partial charge < -0.3 is 9.84 Å². The van der Waals surface area contributed by atoms with E-state index in [-0.39, 0.29) is 35.8 Å². The Balaban J connectivity index is 2.06. The van der Waals surface area contributed by atoms with Crippen LogP contribution in [0.25, 0.3) is 0 Å². The zero-order valence-corrected chi connectivity index (χ0v) is 15.0. The third-order valence-corrected chi connectivity index (χ3v) is 4.48. The molecule has 6 nitrogen and oxygen atoms in total. The Bertz CT molecular complexity index is 748. The first-order chi connectivity index (χ1) is 11.1. The molecule has 1 saturated carbocycles. The highest BCUT2D eigenvalue weighted by Crippen LogP contribution is 2.59. The van der Waals surface area contributed by atoms with E-state index in [0.29, 0.717) is 6.54 Å². The second-order valence-corrected chi connectivity index (χ2v) is 7.44. The zero-order valence-electron chi connectivity index (χ0n) is 15.0. The molecule has 132 valence electrons. The number of ether oxygens (including phenoxy) is 1. The topological polar surface area (TPSA) is 73.5 Å². The fourth-order valence-electron chi connectivity index (χ4n) is 3.06. The number of imidazole rings is 1. The highest BCUT2D eigenvalue weighted by atomic mass is 16.5. The van der Waals surface area contributed by atoms with E-state index in [1.165, 1.54) is 10.8 Å². The number of rotatable bonds is 6. The van der Waals surface area contributed by atoms with Gasteiger partial charge in [0.1, 0.15) is 0 Å². The minimum atomic E-state index is -0.431. The van der Waals surface area contributed by atoms with Crippen molar-refractivity contribution in [3.05, 3.63) is 40.5 Å². The van der Waals surface area contributed by atoms with Gasteiger partial charge in [0.15, 0.2) is 6.73 Å². The van der Waals surface area contributed by atoms with Crippen LogP contribution in [0.3, 0.4) is 0 Å². The molecular weight excluding hydrogens is 308 g/mol. The van der Waals surface area contributed by atoms with E-state index in [1.807, 2.05) is 27.7 Å². The van der Waals surface area contributed by atoms with E-state index in [2.05, 4.69) is 12.7 Å². The number of hydrogen-bond acceptors (Lipinski definition) is 4. The number of aromatic hydroxyl groups is 1. The molecule has 0 spiro atoms. The first kappa shape index (κ1) is 18.1. The van der Waals surface area contributed by atoms with Crippen molar-refractivity contribution in [3.8, 4) is 5.88 Å². The lowest BCUT2D eigenvalue weighted by atomic mass is 10.1. The summed E-state index contributed by atoms with van der Waals surface area (Å²) >= 11 is 0. The molecule has 1 aliphatic rings. The molecule has 0 bridgehead atoms. The second kappa shape index (κ2) is 6.34. The van der Waals surface area contributed by atoms with Crippen LogP contribution >= 0.6 is 0 Å². The summed E-state index contributed by atoms with van der Waals surface area (Å²) in [5, 5.41) is 9.88. The lowest BCUT2D eigenvalue weighted by Gasteiger charge is -2.06. The highest BCUT2D eigenvalue weighted by Gasteiger charge is 2.61. The number of carbonyl (C=O) groups excluding carboxylic acids is 1. The van der Waals surface area contributed by atoms with Crippen LogP contribution in [0, 0.1) is 17.3 Å². The molecular formula is C18H26N2O4. The van der Waals surface area contributed by atoms with Crippen LogP contribution in [0.2, 0.25) is 0 Å². The summed E-state index contributed by atoms with van der Waals surface area (Å²) in [5.41, 5.74) is 1.37. The molecule has 6 heteroatoms. The molecule has 24 heavy (non-hydrogen) atoms. The number of esters is 1. The van der Waals surface area contributed by atoms with E-state index < -0.39 is 5.69 Å². The monoisotopic (exact) mass is 334 g/mol. The molecule has 2 atom stereocenters. The molecule has 1 aliphatic carbocycles. The van der Waals surface area contributed by atoms with Crippen molar-refractivity contribution in [3.63, 3.8) is 0 Å². The number of nitrogens with zero attached hydrogens (tertiary/aromatic N) is 2. The smallest absolute Gasteiger partial charge is 0.334 e. The van der Waals surface area contributed by atoms with Gasteiger partial charge in [0, 0.05) is 6.54 Å². The maximum atomic E-state index is 12.3. The third-order valence-electron chi connectivity index (χ3n) is 4.48. The van der Waals surface area contributed by atoms with E-state index in [1.54, 1.807) is 6.92 Å². The van der Waals surface area contributed by atoms with E-state index >= 15 is 0 Å². The standard InChI is InChI=1S/C18H26N2O4/c1-11(2)7-13-15(18(13,5)6)16(22)24-10-20-14(21)9-19(17(20)23)8-12(3)4/h7,9,13,15,21H,3,8,10H2,1-2,4-6H3. The molecule has 1 N–H and O–H groups in total. The molecule has 0 aromatic carbocycles. The van der Waals surface area contributed by atoms with E-state index in [9.17, 15) is 14.7 Å². The van der Waals surface area contributed by atoms with Crippen molar-refractivity contribution >= 4 is 5.97 Å². The van der Waals surface area contributed by atoms with Crippen molar-refractivity contribution in [1.82, 2.24) is 9.13 Å². The van der Waals surface area contributed by atoms with Crippen LogP contribution in [-0.4, -0.2) is 20.2 Å². The minimum absolute atomic E-state index is 0.146. The van der Waals surface area contributed by atoms with Gasteiger partial charge in [-0.25, -0.2) is 9.36 Å². The average Bonchev–Trinajstić information content (AvgIpc) is 2.85. The molecule has 1 aromatic rings. The van der Waals surface area contributed by atoms with Crippen molar-refractivity contribution in [2.24, 2.45) is 17.3 Å². The predicted octanol–water partition coefficient (Wildman–Crippen LogP) is 2.67. The average molecular weight is 334 g/mol. The van der Waals surface area contributed by atoms with Crippen LogP contribution in [0.15, 0.2) is 34.8 Å². The van der Waals surface area contributed by atoms with Gasteiger partial charge in [-0.1, -0.05) is 37.6 Å². The Morgan fingerprint density at radius 3 is 2.58 bits per heavy atom. The van der Waals surface area contributed by atoms with Gasteiger partial charge in [0.25, 0.3) is 0 Å². The lowest BCUT2D eigenvalue weighted by Crippen LogP contribution is -2.26. The molecule has 0 saturated heterocycles. The summed E-state index contributed by atoms with van der Waals surface area (Å²) in [4.78, 5) is 24.5. The Labute approximate surface area is 142 Å². The molecule has 1 heterocycles. The summed E-state index contributed by atoms with van der Waals surface area (Å²) < 4.78 is 7.64. The molecule has 2 unspecified atom stereocenters. The number of aromatic nitrogens is 2.